The molecule has 0 bridgehead atoms. The van der Waals surface area contributed by atoms with Gasteiger partial charge in [0.2, 0.25) is 5.91 Å². The SMILES string of the molecule is CC(C)N(CCCO)CC(=O)N(C(C)C)C1CCCCC1. The van der Waals surface area contributed by atoms with Gasteiger partial charge in [-0.3, -0.25) is 9.69 Å². The Morgan fingerprint density at radius 2 is 1.71 bits per heavy atom. The maximum atomic E-state index is 12.8. The lowest BCUT2D eigenvalue weighted by atomic mass is 9.93. The van der Waals surface area contributed by atoms with Crippen LogP contribution in [0.5, 0.6) is 0 Å². The summed E-state index contributed by atoms with van der Waals surface area (Å²) in [6.07, 6.45) is 6.85. The first-order valence-electron chi connectivity index (χ1n) is 8.63. The average Bonchev–Trinajstić information content (AvgIpc) is 2.44. The second-order valence-corrected chi connectivity index (χ2v) is 6.83. The fourth-order valence-electron chi connectivity index (χ4n) is 3.32. The fourth-order valence-corrected chi connectivity index (χ4v) is 3.32. The quantitative estimate of drug-likeness (QED) is 0.749. The van der Waals surface area contributed by atoms with Crippen LogP contribution in [0.1, 0.15) is 66.2 Å². The molecule has 0 radical (unpaired) electrons. The van der Waals surface area contributed by atoms with Crippen LogP contribution in [-0.4, -0.2) is 58.6 Å². The highest BCUT2D eigenvalue weighted by atomic mass is 16.3. The lowest BCUT2D eigenvalue weighted by Gasteiger charge is -2.39. The zero-order valence-electron chi connectivity index (χ0n) is 14.3. The molecule has 0 spiro atoms. The van der Waals surface area contributed by atoms with Gasteiger partial charge in [-0.1, -0.05) is 19.3 Å². The van der Waals surface area contributed by atoms with Crippen molar-refractivity contribution < 1.29 is 9.90 Å². The molecule has 0 aromatic rings. The first-order valence-corrected chi connectivity index (χ1v) is 8.63. The molecule has 0 aromatic heterocycles. The van der Waals surface area contributed by atoms with Gasteiger partial charge in [-0.2, -0.15) is 0 Å². The number of hydrogen-bond donors (Lipinski definition) is 1. The molecule has 1 saturated carbocycles. The molecule has 21 heavy (non-hydrogen) atoms. The summed E-state index contributed by atoms with van der Waals surface area (Å²) in [4.78, 5) is 17.1. The third-order valence-corrected chi connectivity index (χ3v) is 4.48. The van der Waals surface area contributed by atoms with Gasteiger partial charge in [0.1, 0.15) is 0 Å². The van der Waals surface area contributed by atoms with Crippen LogP contribution in [0.3, 0.4) is 0 Å². The normalized spacial score (nSPS) is 17.0. The molecule has 0 unspecified atom stereocenters. The van der Waals surface area contributed by atoms with Crippen molar-refractivity contribution in [3.63, 3.8) is 0 Å². The monoisotopic (exact) mass is 298 g/mol. The van der Waals surface area contributed by atoms with Gasteiger partial charge >= 0.3 is 0 Å². The number of aliphatic hydroxyl groups excluding tert-OH is 1. The van der Waals surface area contributed by atoms with E-state index >= 15 is 0 Å². The van der Waals surface area contributed by atoms with Crippen molar-refractivity contribution in [2.45, 2.75) is 84.3 Å². The van der Waals surface area contributed by atoms with Crippen molar-refractivity contribution in [2.24, 2.45) is 0 Å². The second kappa shape index (κ2) is 9.42. The van der Waals surface area contributed by atoms with E-state index < -0.39 is 0 Å². The predicted octanol–water partition coefficient (Wildman–Crippen LogP) is 2.65. The molecule has 0 aliphatic heterocycles. The van der Waals surface area contributed by atoms with Crippen LogP contribution in [0, 0.1) is 0 Å². The van der Waals surface area contributed by atoms with E-state index in [0.29, 0.717) is 18.6 Å². The fraction of sp³-hybridized carbons (Fsp3) is 0.941. The molecular weight excluding hydrogens is 264 g/mol. The minimum Gasteiger partial charge on any atom is -0.396 e. The highest BCUT2D eigenvalue weighted by Gasteiger charge is 2.28. The molecule has 1 aliphatic rings. The molecule has 4 nitrogen and oxygen atoms in total. The number of rotatable bonds is 8. The standard InChI is InChI=1S/C17H34N2O2/c1-14(2)18(11-8-12-20)13-17(21)19(15(3)4)16-9-6-5-7-10-16/h14-16,20H,5-13H2,1-4H3. The van der Waals surface area contributed by atoms with E-state index in [-0.39, 0.29) is 18.6 Å². The van der Waals surface area contributed by atoms with E-state index in [0.717, 1.165) is 25.8 Å². The van der Waals surface area contributed by atoms with E-state index in [4.69, 9.17) is 5.11 Å². The Morgan fingerprint density at radius 1 is 1.10 bits per heavy atom. The maximum Gasteiger partial charge on any atom is 0.237 e. The van der Waals surface area contributed by atoms with E-state index in [9.17, 15) is 4.79 Å². The summed E-state index contributed by atoms with van der Waals surface area (Å²) < 4.78 is 0. The highest BCUT2D eigenvalue weighted by Crippen LogP contribution is 2.24. The van der Waals surface area contributed by atoms with Crippen LogP contribution in [0.2, 0.25) is 0 Å². The predicted molar refractivity (Wildman–Crippen MR) is 87.3 cm³/mol. The molecule has 124 valence electrons. The Morgan fingerprint density at radius 3 is 2.19 bits per heavy atom. The topological polar surface area (TPSA) is 43.8 Å². The molecule has 1 aliphatic carbocycles. The molecule has 0 heterocycles. The third-order valence-electron chi connectivity index (χ3n) is 4.48. The van der Waals surface area contributed by atoms with Crippen molar-refractivity contribution in [1.82, 2.24) is 9.80 Å². The number of aliphatic hydroxyl groups is 1. The van der Waals surface area contributed by atoms with Gasteiger partial charge in [-0.25, -0.2) is 0 Å². The number of carbonyl (C=O) groups is 1. The molecule has 1 fully saturated rings. The highest BCUT2D eigenvalue weighted by molar-refractivity contribution is 5.79. The summed E-state index contributed by atoms with van der Waals surface area (Å²) in [5.41, 5.74) is 0. The zero-order chi connectivity index (χ0) is 15.8. The summed E-state index contributed by atoms with van der Waals surface area (Å²) in [5, 5.41) is 9.01. The Bertz CT molecular complexity index is 299. The number of nitrogens with zero attached hydrogens (tertiary/aromatic N) is 2. The lowest BCUT2D eigenvalue weighted by Crippen LogP contribution is -2.50. The lowest BCUT2D eigenvalue weighted by molar-refractivity contribution is -0.138. The number of carbonyl (C=O) groups excluding carboxylic acids is 1. The third kappa shape index (κ3) is 5.95. The molecule has 0 saturated heterocycles. The summed E-state index contributed by atoms with van der Waals surface area (Å²) in [7, 11) is 0. The van der Waals surface area contributed by atoms with Gasteiger partial charge in [0.05, 0.1) is 6.54 Å². The zero-order valence-corrected chi connectivity index (χ0v) is 14.3. The summed E-state index contributed by atoms with van der Waals surface area (Å²) in [5.74, 6) is 0.253. The smallest absolute Gasteiger partial charge is 0.237 e. The van der Waals surface area contributed by atoms with Gasteiger partial charge in [0.25, 0.3) is 0 Å². The van der Waals surface area contributed by atoms with Crippen LogP contribution in [0.25, 0.3) is 0 Å². The molecule has 0 aromatic carbocycles. The number of hydrogen-bond acceptors (Lipinski definition) is 3. The van der Waals surface area contributed by atoms with E-state index in [2.05, 4.69) is 37.5 Å². The Hall–Kier alpha value is -0.610. The van der Waals surface area contributed by atoms with Crippen LogP contribution >= 0.6 is 0 Å². The van der Waals surface area contributed by atoms with Gasteiger partial charge in [-0.15, -0.1) is 0 Å². The van der Waals surface area contributed by atoms with Crippen molar-refractivity contribution in [2.75, 3.05) is 19.7 Å². The first kappa shape index (κ1) is 18.4. The minimum absolute atomic E-state index is 0.188. The van der Waals surface area contributed by atoms with E-state index in [1.165, 1.54) is 19.3 Å². The maximum absolute atomic E-state index is 12.8. The van der Waals surface area contributed by atoms with Crippen molar-refractivity contribution in [3.05, 3.63) is 0 Å². The van der Waals surface area contributed by atoms with Crippen LogP contribution in [0.15, 0.2) is 0 Å². The second-order valence-electron chi connectivity index (χ2n) is 6.83. The van der Waals surface area contributed by atoms with Gasteiger partial charge < -0.3 is 10.0 Å². The van der Waals surface area contributed by atoms with Crippen LogP contribution < -0.4 is 0 Å². The Kier molecular flexibility index (Phi) is 8.27. The van der Waals surface area contributed by atoms with E-state index in [1.807, 2.05) is 0 Å². The Labute approximate surface area is 130 Å². The molecule has 1 amide bonds. The molecule has 0 atom stereocenters. The van der Waals surface area contributed by atoms with E-state index in [1.54, 1.807) is 0 Å². The molecule has 1 N–H and O–H groups in total. The van der Waals surface area contributed by atoms with Crippen LogP contribution in [0.4, 0.5) is 0 Å². The number of amides is 1. The van der Waals surface area contributed by atoms with Crippen molar-refractivity contribution in [3.8, 4) is 0 Å². The van der Waals surface area contributed by atoms with Gasteiger partial charge in [0.15, 0.2) is 0 Å². The summed E-state index contributed by atoms with van der Waals surface area (Å²) >= 11 is 0. The largest absolute Gasteiger partial charge is 0.396 e. The first-order chi connectivity index (χ1) is 9.97. The molecular formula is C17H34N2O2. The summed E-state index contributed by atoms with van der Waals surface area (Å²) in [6.45, 7) is 9.94. The summed E-state index contributed by atoms with van der Waals surface area (Å²) in [6, 6.07) is 1.03. The Balaban J connectivity index is 2.65. The minimum atomic E-state index is 0.188. The van der Waals surface area contributed by atoms with Crippen molar-refractivity contribution >= 4 is 5.91 Å². The molecule has 1 rings (SSSR count). The van der Waals surface area contributed by atoms with Gasteiger partial charge in [-0.05, 0) is 47.0 Å². The van der Waals surface area contributed by atoms with Crippen molar-refractivity contribution in [1.29, 1.82) is 0 Å². The van der Waals surface area contributed by atoms with Gasteiger partial charge in [0, 0.05) is 31.3 Å². The molecule has 4 heteroatoms. The average molecular weight is 298 g/mol. The van der Waals surface area contributed by atoms with Crippen LogP contribution in [-0.2, 0) is 4.79 Å².